The van der Waals surface area contributed by atoms with Crippen LogP contribution in [0.4, 0.5) is 0 Å². The maximum absolute atomic E-state index is 12.5. The smallest absolute Gasteiger partial charge is 0.233 e. The molecule has 0 aromatic heterocycles. The van der Waals surface area contributed by atoms with Crippen LogP contribution in [0.3, 0.4) is 0 Å². The number of aliphatic hydroxyl groups is 1. The number of aliphatic hydroxyl groups excluding tert-OH is 1. The summed E-state index contributed by atoms with van der Waals surface area (Å²) in [6.07, 6.45) is 3.64. The third-order valence-electron chi connectivity index (χ3n) is 4.54. The minimum Gasteiger partial charge on any atom is -0.394 e. The van der Waals surface area contributed by atoms with Crippen LogP contribution < -0.4 is 0 Å². The number of carbonyl (C=O) groups is 2. The maximum atomic E-state index is 12.5. The van der Waals surface area contributed by atoms with Gasteiger partial charge in [0.1, 0.15) is 0 Å². The lowest BCUT2D eigenvalue weighted by molar-refractivity contribution is -0.144. The van der Waals surface area contributed by atoms with E-state index in [9.17, 15) is 14.7 Å². The molecule has 1 heterocycles. The molecular formula is C16H19NO3. The van der Waals surface area contributed by atoms with Gasteiger partial charge in [-0.05, 0) is 18.4 Å². The zero-order valence-corrected chi connectivity index (χ0v) is 11.4. The highest BCUT2D eigenvalue weighted by Crippen LogP contribution is 2.41. The number of fused-ring (bicyclic) bond motifs is 1. The number of imide groups is 1. The van der Waals surface area contributed by atoms with Crippen molar-refractivity contribution in [3.05, 3.63) is 35.9 Å². The zero-order chi connectivity index (χ0) is 14.1. The highest BCUT2D eigenvalue weighted by molar-refractivity contribution is 6.05. The molecule has 1 N–H and O–H groups in total. The van der Waals surface area contributed by atoms with Gasteiger partial charge in [0.25, 0.3) is 0 Å². The van der Waals surface area contributed by atoms with Crippen molar-refractivity contribution in [2.45, 2.75) is 31.7 Å². The molecule has 2 amide bonds. The molecule has 4 heteroatoms. The van der Waals surface area contributed by atoms with E-state index >= 15 is 0 Å². The van der Waals surface area contributed by atoms with Crippen LogP contribution in [-0.4, -0.2) is 28.4 Å². The van der Waals surface area contributed by atoms with E-state index in [0.717, 1.165) is 31.2 Å². The first-order chi connectivity index (χ1) is 9.74. The molecular weight excluding hydrogens is 254 g/mol. The fourth-order valence-corrected chi connectivity index (χ4v) is 3.51. The molecule has 1 aromatic carbocycles. The van der Waals surface area contributed by atoms with Gasteiger partial charge in [-0.1, -0.05) is 43.2 Å². The second kappa shape index (κ2) is 5.37. The average Bonchev–Trinajstić information content (AvgIpc) is 2.75. The molecule has 20 heavy (non-hydrogen) atoms. The van der Waals surface area contributed by atoms with Gasteiger partial charge in [-0.25, -0.2) is 0 Å². The average molecular weight is 273 g/mol. The van der Waals surface area contributed by atoms with Gasteiger partial charge in [0.05, 0.1) is 24.5 Å². The molecule has 0 bridgehead atoms. The fourth-order valence-electron chi connectivity index (χ4n) is 3.51. The Balaban J connectivity index is 1.92. The molecule has 2 aliphatic rings. The van der Waals surface area contributed by atoms with Crippen molar-refractivity contribution >= 4 is 11.8 Å². The lowest BCUT2D eigenvalue weighted by atomic mass is 9.81. The number of hydrogen-bond acceptors (Lipinski definition) is 3. The Labute approximate surface area is 118 Å². The Hall–Kier alpha value is -1.68. The minimum atomic E-state index is -0.540. The zero-order valence-electron chi connectivity index (χ0n) is 11.4. The van der Waals surface area contributed by atoms with Crippen molar-refractivity contribution < 1.29 is 14.7 Å². The van der Waals surface area contributed by atoms with Crippen LogP contribution in [0.15, 0.2) is 30.3 Å². The van der Waals surface area contributed by atoms with Crippen LogP contribution >= 0.6 is 0 Å². The molecule has 2 unspecified atom stereocenters. The van der Waals surface area contributed by atoms with Crippen LogP contribution in [0.2, 0.25) is 0 Å². The second-order valence-corrected chi connectivity index (χ2v) is 5.65. The number of nitrogens with zero attached hydrogens (tertiary/aromatic N) is 1. The van der Waals surface area contributed by atoms with E-state index in [1.54, 1.807) is 0 Å². The molecule has 1 saturated heterocycles. The van der Waals surface area contributed by atoms with Crippen LogP contribution in [0.1, 0.15) is 37.3 Å². The van der Waals surface area contributed by atoms with Crippen molar-refractivity contribution in [2.75, 3.05) is 6.61 Å². The summed E-state index contributed by atoms with van der Waals surface area (Å²) in [4.78, 5) is 26.4. The van der Waals surface area contributed by atoms with Gasteiger partial charge in [-0.15, -0.1) is 0 Å². The molecule has 1 aromatic rings. The molecule has 1 aliphatic carbocycles. The number of rotatable bonds is 3. The third-order valence-corrected chi connectivity index (χ3v) is 4.54. The van der Waals surface area contributed by atoms with Crippen LogP contribution in [0.5, 0.6) is 0 Å². The van der Waals surface area contributed by atoms with Gasteiger partial charge in [0.15, 0.2) is 0 Å². The van der Waals surface area contributed by atoms with Crippen molar-refractivity contribution in [3.63, 3.8) is 0 Å². The van der Waals surface area contributed by atoms with E-state index in [4.69, 9.17) is 0 Å². The Kier molecular flexibility index (Phi) is 3.57. The molecule has 3 rings (SSSR count). The highest BCUT2D eigenvalue weighted by atomic mass is 16.3. The van der Waals surface area contributed by atoms with Crippen molar-refractivity contribution in [2.24, 2.45) is 11.8 Å². The van der Waals surface area contributed by atoms with Gasteiger partial charge in [-0.2, -0.15) is 0 Å². The van der Waals surface area contributed by atoms with Gasteiger partial charge in [0.2, 0.25) is 11.8 Å². The first kappa shape index (κ1) is 13.3. The summed E-state index contributed by atoms with van der Waals surface area (Å²) >= 11 is 0. The van der Waals surface area contributed by atoms with E-state index in [-0.39, 0.29) is 30.3 Å². The molecule has 2 fully saturated rings. The number of hydrogen-bond donors (Lipinski definition) is 1. The van der Waals surface area contributed by atoms with Crippen molar-refractivity contribution in [3.8, 4) is 0 Å². The van der Waals surface area contributed by atoms with Crippen molar-refractivity contribution in [1.82, 2.24) is 4.90 Å². The number of carbonyl (C=O) groups excluding carboxylic acids is 2. The van der Waals surface area contributed by atoms with Crippen LogP contribution in [-0.2, 0) is 9.59 Å². The molecule has 1 saturated carbocycles. The summed E-state index contributed by atoms with van der Waals surface area (Å²) < 4.78 is 0. The quantitative estimate of drug-likeness (QED) is 0.856. The van der Waals surface area contributed by atoms with Crippen molar-refractivity contribution in [1.29, 1.82) is 0 Å². The SMILES string of the molecule is O=C1C2CCCCC2C(=O)N1[C@H](CO)c1ccccc1. The molecule has 4 nitrogen and oxygen atoms in total. The highest BCUT2D eigenvalue weighted by Gasteiger charge is 2.50. The predicted octanol–water partition coefficient (Wildman–Crippen LogP) is 1.90. The van der Waals surface area contributed by atoms with Gasteiger partial charge in [0, 0.05) is 0 Å². The summed E-state index contributed by atoms with van der Waals surface area (Å²) in [7, 11) is 0. The van der Waals surface area contributed by atoms with Gasteiger partial charge >= 0.3 is 0 Å². The number of amides is 2. The Morgan fingerprint density at radius 2 is 1.60 bits per heavy atom. The molecule has 0 spiro atoms. The van der Waals surface area contributed by atoms with E-state index in [2.05, 4.69) is 0 Å². The Morgan fingerprint density at radius 3 is 2.10 bits per heavy atom. The molecule has 1 aliphatic heterocycles. The third kappa shape index (κ3) is 2.04. The fraction of sp³-hybridized carbons (Fsp3) is 0.500. The number of likely N-dealkylation sites (tertiary alicyclic amines) is 1. The normalized spacial score (nSPS) is 27.6. The molecule has 3 atom stereocenters. The summed E-state index contributed by atoms with van der Waals surface area (Å²) in [5.41, 5.74) is 0.815. The van der Waals surface area contributed by atoms with E-state index in [0.29, 0.717) is 0 Å². The molecule has 0 radical (unpaired) electrons. The standard InChI is InChI=1S/C16H19NO3/c18-10-14(11-6-2-1-3-7-11)17-15(19)12-8-4-5-9-13(12)16(17)20/h1-3,6-7,12-14,18H,4-5,8-10H2/t12?,13?,14-/m1/s1. The molecule has 106 valence electrons. The van der Waals surface area contributed by atoms with Crippen LogP contribution in [0.25, 0.3) is 0 Å². The van der Waals surface area contributed by atoms with Crippen LogP contribution in [0, 0.1) is 11.8 Å². The predicted molar refractivity (Wildman–Crippen MR) is 73.6 cm³/mol. The summed E-state index contributed by atoms with van der Waals surface area (Å²) in [6.45, 7) is -0.221. The lowest BCUT2D eigenvalue weighted by Gasteiger charge is -2.25. The monoisotopic (exact) mass is 273 g/mol. The summed E-state index contributed by atoms with van der Waals surface area (Å²) in [5.74, 6) is -0.506. The largest absolute Gasteiger partial charge is 0.394 e. The van der Waals surface area contributed by atoms with E-state index < -0.39 is 6.04 Å². The van der Waals surface area contributed by atoms with Gasteiger partial charge in [-0.3, -0.25) is 14.5 Å². The van der Waals surface area contributed by atoms with E-state index in [1.807, 2.05) is 30.3 Å². The Bertz CT molecular complexity index is 490. The second-order valence-electron chi connectivity index (χ2n) is 5.65. The summed E-state index contributed by atoms with van der Waals surface area (Å²) in [5, 5.41) is 9.66. The topological polar surface area (TPSA) is 57.6 Å². The number of benzene rings is 1. The van der Waals surface area contributed by atoms with Gasteiger partial charge < -0.3 is 5.11 Å². The lowest BCUT2D eigenvalue weighted by Crippen LogP contribution is -2.37. The minimum absolute atomic E-state index is 0.0948. The summed E-state index contributed by atoms with van der Waals surface area (Å²) in [6, 6.07) is 8.76. The first-order valence-electron chi connectivity index (χ1n) is 7.26. The first-order valence-corrected chi connectivity index (χ1v) is 7.26. The Morgan fingerprint density at radius 1 is 1.05 bits per heavy atom. The van der Waals surface area contributed by atoms with E-state index in [1.165, 1.54) is 4.90 Å². The maximum Gasteiger partial charge on any atom is 0.233 e.